The highest BCUT2D eigenvalue weighted by Gasteiger charge is 2.22. The summed E-state index contributed by atoms with van der Waals surface area (Å²) in [5, 5.41) is 2.30. The summed E-state index contributed by atoms with van der Waals surface area (Å²) in [6.45, 7) is 18.4. The third kappa shape index (κ3) is 14.6. The molecule has 0 saturated heterocycles. The first-order valence-corrected chi connectivity index (χ1v) is 17.7. The minimum absolute atomic E-state index is 0.0895. The summed E-state index contributed by atoms with van der Waals surface area (Å²) >= 11 is 1.74. The molecule has 0 spiro atoms. The van der Waals surface area contributed by atoms with Crippen LogP contribution in [0, 0.1) is 6.92 Å². The lowest BCUT2D eigenvalue weighted by atomic mass is 10.1. The molecule has 44 heavy (non-hydrogen) atoms. The van der Waals surface area contributed by atoms with Gasteiger partial charge in [0, 0.05) is 9.80 Å². The maximum Gasteiger partial charge on any atom is 0.165 e. The van der Waals surface area contributed by atoms with Crippen LogP contribution in [-0.4, -0.2) is 0 Å². The number of aryl methyl sites for hydroxylation is 1. The largest absolute Gasteiger partial charge is 0.165 e. The second-order valence-corrected chi connectivity index (χ2v) is 11.9. The molecule has 0 fully saturated rings. The van der Waals surface area contributed by atoms with Crippen LogP contribution in [-0.2, 0) is 10.9 Å². The van der Waals surface area contributed by atoms with E-state index < -0.39 is 0 Å². The molecule has 4 aromatic rings. The van der Waals surface area contributed by atoms with Crippen LogP contribution in [0.4, 0.5) is 0 Å². The average Bonchev–Trinajstić information content (AvgIpc) is 3.11. The topological polar surface area (TPSA) is 0 Å². The lowest BCUT2D eigenvalue weighted by molar-refractivity contribution is 1.22. The molecule has 0 radical (unpaired) electrons. The first-order valence-electron chi connectivity index (χ1n) is 15.6. The van der Waals surface area contributed by atoms with E-state index in [4.69, 9.17) is 0 Å². The Balaban J connectivity index is 0.000000499. The fourth-order valence-corrected chi connectivity index (χ4v) is 6.29. The molecule has 0 aromatic heterocycles. The van der Waals surface area contributed by atoms with Crippen LogP contribution >= 0.6 is 11.8 Å². The van der Waals surface area contributed by atoms with Gasteiger partial charge in [0.2, 0.25) is 0 Å². The molecule has 1 atom stereocenters. The highest BCUT2D eigenvalue weighted by Crippen LogP contribution is 2.29. The number of benzene rings is 4. The van der Waals surface area contributed by atoms with E-state index in [1.807, 2.05) is 45.9 Å². The molecule has 0 bridgehead atoms. The van der Waals surface area contributed by atoms with Crippen molar-refractivity contribution in [1.29, 1.82) is 0 Å². The van der Waals surface area contributed by atoms with Crippen LogP contribution < -0.4 is 0 Å². The van der Waals surface area contributed by atoms with Gasteiger partial charge < -0.3 is 0 Å². The molecular weight excluding hydrogens is 569 g/mol. The van der Waals surface area contributed by atoms with Crippen molar-refractivity contribution in [3.8, 4) is 11.1 Å². The van der Waals surface area contributed by atoms with Crippen LogP contribution in [0.15, 0.2) is 183 Å². The van der Waals surface area contributed by atoms with Gasteiger partial charge in [-0.05, 0) is 80.0 Å². The van der Waals surface area contributed by atoms with Crippen molar-refractivity contribution in [2.45, 2.75) is 64.7 Å². The predicted octanol–water partition coefficient (Wildman–Crippen LogP) is 13.6. The van der Waals surface area contributed by atoms with Gasteiger partial charge in [0.05, 0.1) is 10.9 Å². The number of allylic oxidation sites excluding steroid dienone is 6. The zero-order valence-electron chi connectivity index (χ0n) is 27.7. The van der Waals surface area contributed by atoms with Gasteiger partial charge in [-0.3, -0.25) is 0 Å². The smallest absolute Gasteiger partial charge is 0.0979 e. The van der Waals surface area contributed by atoms with Gasteiger partial charge in [-0.25, -0.2) is 0 Å². The maximum atomic E-state index is 3.98. The molecule has 4 aromatic carbocycles. The van der Waals surface area contributed by atoms with Gasteiger partial charge in [0.25, 0.3) is 0 Å². The van der Waals surface area contributed by atoms with Crippen molar-refractivity contribution in [2.24, 2.45) is 0 Å². The van der Waals surface area contributed by atoms with Crippen LogP contribution in [0.3, 0.4) is 0 Å². The van der Waals surface area contributed by atoms with Crippen molar-refractivity contribution in [3.63, 3.8) is 0 Å². The molecule has 230 valence electrons. The third-order valence-electron chi connectivity index (χ3n) is 5.87. The molecule has 0 nitrogen and oxygen atoms in total. The summed E-state index contributed by atoms with van der Waals surface area (Å²) in [5.74, 6) is 0. The lowest BCUT2D eigenvalue weighted by Gasteiger charge is -2.04. The zero-order chi connectivity index (χ0) is 32.4. The van der Waals surface area contributed by atoms with Crippen LogP contribution in [0.1, 0.15) is 53.5 Å². The van der Waals surface area contributed by atoms with E-state index in [0.717, 1.165) is 11.3 Å². The van der Waals surface area contributed by atoms with Crippen LogP contribution in [0.5, 0.6) is 0 Å². The Morgan fingerprint density at radius 2 is 1.23 bits per heavy atom. The first kappa shape index (κ1) is 38.3. The Hall–Kier alpha value is -3.72. The van der Waals surface area contributed by atoms with Gasteiger partial charge in [-0.15, -0.1) is 0 Å². The number of hydrogen-bond acceptors (Lipinski definition) is 1. The molecule has 1 unspecified atom stereocenters. The van der Waals surface area contributed by atoms with Crippen molar-refractivity contribution >= 4 is 22.7 Å². The van der Waals surface area contributed by atoms with Crippen molar-refractivity contribution in [3.05, 3.63) is 179 Å². The molecule has 2 heteroatoms. The normalized spacial score (nSPS) is 11.8. The number of rotatable bonds is 10. The van der Waals surface area contributed by atoms with E-state index in [1.165, 1.54) is 31.4 Å². The standard InChI is InChI=1S/C26H29S2.C12H10.2C2H6/c1-5-8-14-25(7-3)28(26-15-10-9-11-16-26)21-12-13-23(6-2)27-24-19-17-22(4)18-20-24;1-3-7-11(8-4-1)12-9-5-2-6-10-12;2*1-2/h6-21H,2,5H2,1,3-4H3;1-10H;2*1-2H3/q+1;;;/b14-8-,21-12+,23-13+,25-7+;;;. The minimum Gasteiger partial charge on any atom is -0.0979 e. The lowest BCUT2D eigenvalue weighted by Crippen LogP contribution is -2.00. The Morgan fingerprint density at radius 3 is 1.68 bits per heavy atom. The summed E-state index contributed by atoms with van der Waals surface area (Å²) in [6, 6.07) is 40.1. The molecular formula is C42H51S2+. The Kier molecular flexibility index (Phi) is 21.5. The maximum absolute atomic E-state index is 3.98. The monoisotopic (exact) mass is 619 g/mol. The second-order valence-electron chi connectivity index (χ2n) is 8.90. The van der Waals surface area contributed by atoms with Crippen molar-refractivity contribution < 1.29 is 0 Å². The predicted molar refractivity (Wildman–Crippen MR) is 204 cm³/mol. The Labute approximate surface area is 276 Å². The molecule has 4 rings (SSSR count). The number of hydrogen-bond donors (Lipinski definition) is 0. The molecule has 0 N–H and O–H groups in total. The third-order valence-corrected chi connectivity index (χ3v) is 9.00. The Bertz CT molecular complexity index is 1360. The Morgan fingerprint density at radius 1 is 0.727 bits per heavy atom. The van der Waals surface area contributed by atoms with Gasteiger partial charge >= 0.3 is 0 Å². The summed E-state index contributed by atoms with van der Waals surface area (Å²) in [7, 11) is -0.0895. The first-order chi connectivity index (χ1) is 21.6. The van der Waals surface area contributed by atoms with E-state index in [-0.39, 0.29) is 10.9 Å². The van der Waals surface area contributed by atoms with Crippen molar-refractivity contribution in [2.75, 3.05) is 0 Å². The summed E-state index contributed by atoms with van der Waals surface area (Å²) in [4.78, 5) is 5.03. The van der Waals surface area contributed by atoms with Crippen LogP contribution in [0.25, 0.3) is 11.1 Å². The van der Waals surface area contributed by atoms with Crippen LogP contribution in [0.2, 0.25) is 0 Å². The van der Waals surface area contributed by atoms with Crippen molar-refractivity contribution in [1.82, 2.24) is 0 Å². The quantitative estimate of drug-likeness (QED) is 0.0966. The fourth-order valence-electron chi connectivity index (χ4n) is 3.75. The van der Waals surface area contributed by atoms with Gasteiger partial charge in [0.1, 0.15) is 5.41 Å². The minimum atomic E-state index is -0.0895. The molecule has 0 aliphatic carbocycles. The average molecular weight is 620 g/mol. The fraction of sp³-hybridized carbons (Fsp3) is 0.190. The summed E-state index contributed by atoms with van der Waals surface area (Å²) in [5.41, 5.74) is 3.83. The zero-order valence-corrected chi connectivity index (χ0v) is 29.4. The molecule has 0 heterocycles. The van der Waals surface area contributed by atoms with E-state index in [9.17, 15) is 0 Å². The van der Waals surface area contributed by atoms with E-state index in [0.29, 0.717) is 0 Å². The molecule has 0 aliphatic heterocycles. The van der Waals surface area contributed by atoms with Gasteiger partial charge in [0.15, 0.2) is 9.80 Å². The summed E-state index contributed by atoms with van der Waals surface area (Å²) in [6.07, 6.45) is 14.0. The SMILES string of the molecule is C=C/C(=C\C=C\[S+](C(/C=C\CC)=C/C)c1ccccc1)Sc1ccc(C)cc1.CC.CC.c1ccc(-c2ccccc2)cc1. The van der Waals surface area contributed by atoms with Gasteiger partial charge in [-0.2, -0.15) is 0 Å². The highest BCUT2D eigenvalue weighted by atomic mass is 32.2. The van der Waals surface area contributed by atoms with E-state index >= 15 is 0 Å². The molecule has 0 aliphatic rings. The van der Waals surface area contributed by atoms with E-state index in [1.54, 1.807) is 11.8 Å². The number of thioether (sulfide) groups is 1. The summed E-state index contributed by atoms with van der Waals surface area (Å²) < 4.78 is 0. The molecule has 0 saturated carbocycles. The van der Waals surface area contributed by atoms with E-state index in [2.05, 4.69) is 166 Å². The second kappa shape index (κ2) is 24.7. The molecule has 0 amide bonds. The highest BCUT2D eigenvalue weighted by molar-refractivity contribution is 8.03. The van der Waals surface area contributed by atoms with Gasteiger partial charge in [-0.1, -0.05) is 162 Å².